The molecule has 0 aromatic carbocycles. The monoisotopic (exact) mass is 297 g/mol. The van der Waals surface area contributed by atoms with Crippen molar-refractivity contribution in [3.05, 3.63) is 0 Å². The highest BCUT2D eigenvalue weighted by molar-refractivity contribution is 4.71. The normalized spacial score (nSPS) is 18.6. The standard InChI is InChI=1S/C13H26F3N3O/c14-13(15,16)12-20-11-10-19-8-6-18(7-9-19)5-3-1-2-4-17/h1-12,17H2. The van der Waals surface area contributed by atoms with Gasteiger partial charge in [-0.3, -0.25) is 4.90 Å². The second kappa shape index (κ2) is 9.55. The Bertz CT molecular complexity index is 244. The van der Waals surface area contributed by atoms with Gasteiger partial charge in [0.15, 0.2) is 0 Å². The summed E-state index contributed by atoms with van der Waals surface area (Å²) in [4.78, 5) is 4.57. The van der Waals surface area contributed by atoms with Crippen LogP contribution in [0.4, 0.5) is 13.2 Å². The Morgan fingerprint density at radius 3 is 2.05 bits per heavy atom. The van der Waals surface area contributed by atoms with E-state index in [4.69, 9.17) is 5.73 Å². The highest BCUT2D eigenvalue weighted by Gasteiger charge is 2.27. The molecule has 0 atom stereocenters. The van der Waals surface area contributed by atoms with E-state index in [1.165, 1.54) is 12.8 Å². The van der Waals surface area contributed by atoms with E-state index in [2.05, 4.69) is 14.5 Å². The average Bonchev–Trinajstić information content (AvgIpc) is 2.40. The van der Waals surface area contributed by atoms with Crippen LogP contribution < -0.4 is 5.73 Å². The van der Waals surface area contributed by atoms with Crippen LogP contribution >= 0.6 is 0 Å². The first-order valence-electron chi connectivity index (χ1n) is 7.30. The summed E-state index contributed by atoms with van der Waals surface area (Å²) in [5, 5.41) is 0. The number of halogens is 3. The van der Waals surface area contributed by atoms with Gasteiger partial charge in [-0.05, 0) is 25.9 Å². The zero-order chi connectivity index (χ0) is 14.8. The van der Waals surface area contributed by atoms with Crippen LogP contribution in [0.2, 0.25) is 0 Å². The third-order valence-corrected chi connectivity index (χ3v) is 3.46. The SMILES string of the molecule is NCCCCCN1CCN(CCOCC(F)(F)F)CC1. The molecule has 0 radical (unpaired) electrons. The molecule has 0 unspecified atom stereocenters. The smallest absolute Gasteiger partial charge is 0.371 e. The van der Waals surface area contributed by atoms with Crippen LogP contribution in [-0.4, -0.2) is 75.0 Å². The van der Waals surface area contributed by atoms with Gasteiger partial charge in [0.25, 0.3) is 0 Å². The Labute approximate surface area is 119 Å². The van der Waals surface area contributed by atoms with Crippen LogP contribution in [0.25, 0.3) is 0 Å². The Kier molecular flexibility index (Phi) is 8.44. The Morgan fingerprint density at radius 2 is 1.50 bits per heavy atom. The lowest BCUT2D eigenvalue weighted by atomic mass is 10.2. The maximum Gasteiger partial charge on any atom is 0.411 e. The fourth-order valence-corrected chi connectivity index (χ4v) is 2.27. The first-order valence-corrected chi connectivity index (χ1v) is 7.30. The van der Waals surface area contributed by atoms with Crippen LogP contribution in [0.3, 0.4) is 0 Å². The third kappa shape index (κ3) is 8.73. The maximum atomic E-state index is 11.9. The molecule has 2 N–H and O–H groups in total. The predicted molar refractivity (Wildman–Crippen MR) is 72.7 cm³/mol. The minimum Gasteiger partial charge on any atom is -0.371 e. The van der Waals surface area contributed by atoms with Gasteiger partial charge in [0, 0.05) is 32.7 Å². The number of alkyl halides is 3. The molecule has 7 heteroatoms. The molecule has 120 valence electrons. The molecule has 20 heavy (non-hydrogen) atoms. The predicted octanol–water partition coefficient (Wildman–Crippen LogP) is 1.31. The van der Waals surface area contributed by atoms with Gasteiger partial charge < -0.3 is 15.4 Å². The number of piperazine rings is 1. The molecular weight excluding hydrogens is 271 g/mol. The summed E-state index contributed by atoms with van der Waals surface area (Å²) in [5.74, 6) is 0. The summed E-state index contributed by atoms with van der Waals surface area (Å²) in [6, 6.07) is 0. The van der Waals surface area contributed by atoms with Crippen molar-refractivity contribution in [2.45, 2.75) is 25.4 Å². The number of nitrogens with two attached hydrogens (primary N) is 1. The van der Waals surface area contributed by atoms with Crippen molar-refractivity contribution in [1.82, 2.24) is 9.80 Å². The third-order valence-electron chi connectivity index (χ3n) is 3.46. The molecule has 0 amide bonds. The number of nitrogens with zero attached hydrogens (tertiary/aromatic N) is 2. The first-order chi connectivity index (χ1) is 9.51. The summed E-state index contributed by atoms with van der Waals surface area (Å²) in [7, 11) is 0. The number of hydrogen-bond donors (Lipinski definition) is 1. The summed E-state index contributed by atoms with van der Waals surface area (Å²) in [5.41, 5.74) is 5.45. The molecule has 0 aliphatic carbocycles. The van der Waals surface area contributed by atoms with Crippen LogP contribution in [0.1, 0.15) is 19.3 Å². The van der Waals surface area contributed by atoms with Gasteiger partial charge in [0.05, 0.1) is 6.61 Å². The minimum atomic E-state index is -4.22. The van der Waals surface area contributed by atoms with Gasteiger partial charge in [-0.1, -0.05) is 6.42 Å². The van der Waals surface area contributed by atoms with Gasteiger partial charge in [0.1, 0.15) is 6.61 Å². The van der Waals surface area contributed by atoms with E-state index < -0.39 is 12.8 Å². The second-order valence-corrected chi connectivity index (χ2v) is 5.20. The van der Waals surface area contributed by atoms with Crippen molar-refractivity contribution in [3.63, 3.8) is 0 Å². The van der Waals surface area contributed by atoms with Gasteiger partial charge >= 0.3 is 6.18 Å². The molecule has 1 heterocycles. The van der Waals surface area contributed by atoms with Crippen molar-refractivity contribution in [3.8, 4) is 0 Å². The molecule has 1 fully saturated rings. The molecule has 4 nitrogen and oxygen atoms in total. The van der Waals surface area contributed by atoms with E-state index in [0.29, 0.717) is 6.54 Å². The first kappa shape index (κ1) is 17.7. The Morgan fingerprint density at radius 1 is 0.900 bits per heavy atom. The Hall–Kier alpha value is -0.370. The molecular formula is C13H26F3N3O. The van der Waals surface area contributed by atoms with Crippen LogP contribution in [-0.2, 0) is 4.74 Å². The van der Waals surface area contributed by atoms with Crippen LogP contribution in [0.5, 0.6) is 0 Å². The fourth-order valence-electron chi connectivity index (χ4n) is 2.27. The fraction of sp³-hybridized carbons (Fsp3) is 1.00. The van der Waals surface area contributed by atoms with Crippen LogP contribution in [0, 0.1) is 0 Å². The van der Waals surface area contributed by atoms with Gasteiger partial charge in [0.2, 0.25) is 0 Å². The second-order valence-electron chi connectivity index (χ2n) is 5.20. The molecule has 0 aromatic heterocycles. The maximum absolute atomic E-state index is 11.9. The van der Waals surface area contributed by atoms with E-state index in [1.54, 1.807) is 0 Å². The van der Waals surface area contributed by atoms with Gasteiger partial charge in [-0.25, -0.2) is 0 Å². The zero-order valence-electron chi connectivity index (χ0n) is 12.0. The molecule has 0 bridgehead atoms. The molecule has 1 aliphatic rings. The summed E-state index contributed by atoms with van der Waals surface area (Å²) >= 11 is 0. The number of hydrogen-bond acceptors (Lipinski definition) is 4. The van der Waals surface area contributed by atoms with E-state index in [9.17, 15) is 13.2 Å². The summed E-state index contributed by atoms with van der Waals surface area (Å²) in [6.07, 6.45) is -0.799. The van der Waals surface area contributed by atoms with Crippen molar-refractivity contribution in [1.29, 1.82) is 0 Å². The van der Waals surface area contributed by atoms with Gasteiger partial charge in [-0.2, -0.15) is 13.2 Å². The largest absolute Gasteiger partial charge is 0.411 e. The van der Waals surface area contributed by atoms with Gasteiger partial charge in [-0.15, -0.1) is 0 Å². The average molecular weight is 297 g/mol. The molecule has 0 aromatic rings. The quantitative estimate of drug-likeness (QED) is 0.652. The molecule has 0 saturated carbocycles. The topological polar surface area (TPSA) is 41.7 Å². The minimum absolute atomic E-state index is 0.149. The highest BCUT2D eigenvalue weighted by atomic mass is 19.4. The van der Waals surface area contributed by atoms with Crippen molar-refractivity contribution < 1.29 is 17.9 Å². The number of rotatable bonds is 9. The summed E-state index contributed by atoms with van der Waals surface area (Å²) < 4.78 is 40.3. The molecule has 0 spiro atoms. The van der Waals surface area contributed by atoms with Crippen LogP contribution in [0.15, 0.2) is 0 Å². The molecule has 1 aliphatic heterocycles. The van der Waals surface area contributed by atoms with E-state index in [1.807, 2.05) is 0 Å². The lowest BCUT2D eigenvalue weighted by Gasteiger charge is -2.34. The van der Waals surface area contributed by atoms with Crippen molar-refractivity contribution >= 4 is 0 Å². The number of unbranched alkanes of at least 4 members (excludes halogenated alkanes) is 2. The lowest BCUT2D eigenvalue weighted by Crippen LogP contribution is -2.47. The Balaban J connectivity index is 1.99. The van der Waals surface area contributed by atoms with E-state index in [0.717, 1.165) is 45.7 Å². The summed E-state index contributed by atoms with van der Waals surface area (Å²) in [6.45, 7) is 5.23. The molecule has 1 saturated heterocycles. The van der Waals surface area contributed by atoms with Crippen molar-refractivity contribution in [2.24, 2.45) is 5.73 Å². The highest BCUT2D eigenvalue weighted by Crippen LogP contribution is 2.14. The number of ether oxygens (including phenoxy) is 1. The van der Waals surface area contributed by atoms with E-state index >= 15 is 0 Å². The lowest BCUT2D eigenvalue weighted by molar-refractivity contribution is -0.174. The molecule has 1 rings (SSSR count). The van der Waals surface area contributed by atoms with E-state index in [-0.39, 0.29) is 6.61 Å². The van der Waals surface area contributed by atoms with Crippen molar-refractivity contribution in [2.75, 3.05) is 59.0 Å². The zero-order valence-corrected chi connectivity index (χ0v) is 12.0.